The van der Waals surface area contributed by atoms with E-state index in [1.54, 1.807) is 6.33 Å². The van der Waals surface area contributed by atoms with E-state index in [4.69, 9.17) is 0 Å². The molecule has 3 heteroatoms. The molecule has 0 aliphatic carbocycles. The van der Waals surface area contributed by atoms with Crippen LogP contribution in [0.3, 0.4) is 0 Å². The minimum atomic E-state index is 0.507. The molecule has 0 amide bonds. The van der Waals surface area contributed by atoms with Crippen molar-refractivity contribution in [3.05, 3.63) is 65.0 Å². The van der Waals surface area contributed by atoms with Crippen LogP contribution in [0.25, 0.3) is 11.0 Å². The molecular formula is C21H25N3. The van der Waals surface area contributed by atoms with Gasteiger partial charge in [-0.1, -0.05) is 30.7 Å². The molecule has 4 rings (SSSR count). The quantitative estimate of drug-likeness (QED) is 0.744. The van der Waals surface area contributed by atoms with Gasteiger partial charge in [-0.3, -0.25) is 4.90 Å². The average Bonchev–Trinajstić information content (AvgIpc) is 3.06. The lowest BCUT2D eigenvalue weighted by atomic mass is 9.94. The van der Waals surface area contributed by atoms with Crippen LogP contribution in [0, 0.1) is 13.8 Å². The van der Waals surface area contributed by atoms with Crippen LogP contribution >= 0.6 is 0 Å². The fourth-order valence-electron chi connectivity index (χ4n) is 3.85. The van der Waals surface area contributed by atoms with Gasteiger partial charge in [-0.2, -0.15) is 0 Å². The standard InChI is InChI=1S/C21H25N3/c1-15-6-7-17(11-16(15)2)13-24-10-4-3-5-21(24)18-8-9-19-20(12-18)23-14-22-19/h6-9,11-12,14,21H,3-5,10,13H2,1-2H3,(H,22,23). The van der Waals surface area contributed by atoms with E-state index in [0.717, 1.165) is 17.6 Å². The Hall–Kier alpha value is -2.13. The molecule has 0 saturated carbocycles. The van der Waals surface area contributed by atoms with E-state index in [0.29, 0.717) is 6.04 Å². The summed E-state index contributed by atoms with van der Waals surface area (Å²) in [6.07, 6.45) is 5.63. The summed E-state index contributed by atoms with van der Waals surface area (Å²) in [5.74, 6) is 0. The van der Waals surface area contributed by atoms with E-state index in [-0.39, 0.29) is 0 Å². The Labute approximate surface area is 143 Å². The molecule has 1 atom stereocenters. The van der Waals surface area contributed by atoms with E-state index in [1.165, 1.54) is 48.1 Å². The number of aromatic nitrogens is 2. The van der Waals surface area contributed by atoms with Crippen molar-refractivity contribution < 1.29 is 0 Å². The number of aromatic amines is 1. The van der Waals surface area contributed by atoms with Crippen LogP contribution < -0.4 is 0 Å². The third-order valence-electron chi connectivity index (χ3n) is 5.40. The number of imidazole rings is 1. The maximum atomic E-state index is 4.34. The Morgan fingerprint density at radius 2 is 2.00 bits per heavy atom. The smallest absolute Gasteiger partial charge is 0.0931 e. The van der Waals surface area contributed by atoms with Gasteiger partial charge < -0.3 is 4.98 Å². The molecule has 1 aromatic heterocycles. The zero-order chi connectivity index (χ0) is 16.5. The van der Waals surface area contributed by atoms with Crippen LogP contribution in [0.4, 0.5) is 0 Å². The van der Waals surface area contributed by atoms with Crippen LogP contribution in [-0.2, 0) is 6.54 Å². The molecule has 3 nitrogen and oxygen atoms in total. The number of nitrogens with one attached hydrogen (secondary N) is 1. The number of H-pyrrole nitrogens is 1. The summed E-state index contributed by atoms with van der Waals surface area (Å²) in [7, 11) is 0. The molecule has 0 bridgehead atoms. The SMILES string of the molecule is Cc1ccc(CN2CCCCC2c2ccc3nc[nH]c3c2)cc1C. The molecule has 2 heterocycles. The van der Waals surface area contributed by atoms with Crippen molar-refractivity contribution in [2.24, 2.45) is 0 Å². The van der Waals surface area contributed by atoms with Gasteiger partial charge in [0.15, 0.2) is 0 Å². The summed E-state index contributed by atoms with van der Waals surface area (Å²) in [5.41, 5.74) is 7.79. The Bertz CT molecular complexity index is 849. The van der Waals surface area contributed by atoms with Crippen molar-refractivity contribution in [2.75, 3.05) is 6.54 Å². The summed E-state index contributed by atoms with van der Waals surface area (Å²) >= 11 is 0. The Morgan fingerprint density at radius 1 is 1.08 bits per heavy atom. The van der Waals surface area contributed by atoms with E-state index < -0.39 is 0 Å². The highest BCUT2D eigenvalue weighted by Gasteiger charge is 2.24. The van der Waals surface area contributed by atoms with Crippen molar-refractivity contribution in [1.82, 2.24) is 14.9 Å². The van der Waals surface area contributed by atoms with Crippen LogP contribution in [-0.4, -0.2) is 21.4 Å². The van der Waals surface area contributed by atoms with Crippen molar-refractivity contribution in [3.8, 4) is 0 Å². The lowest BCUT2D eigenvalue weighted by Gasteiger charge is -2.36. The third kappa shape index (κ3) is 2.96. The summed E-state index contributed by atoms with van der Waals surface area (Å²) in [6.45, 7) is 6.60. The number of hydrogen-bond acceptors (Lipinski definition) is 2. The summed E-state index contributed by atoms with van der Waals surface area (Å²) < 4.78 is 0. The first-order valence-corrected chi connectivity index (χ1v) is 8.94. The van der Waals surface area contributed by atoms with E-state index in [2.05, 4.69) is 65.1 Å². The van der Waals surface area contributed by atoms with Gasteiger partial charge in [0.1, 0.15) is 0 Å². The average molecular weight is 319 g/mol. The number of nitrogens with zero attached hydrogens (tertiary/aromatic N) is 2. The normalized spacial score (nSPS) is 19.0. The minimum absolute atomic E-state index is 0.507. The molecular weight excluding hydrogens is 294 g/mol. The zero-order valence-electron chi connectivity index (χ0n) is 14.5. The first-order chi connectivity index (χ1) is 11.7. The summed E-state index contributed by atoms with van der Waals surface area (Å²) in [4.78, 5) is 10.2. The predicted octanol–water partition coefficient (Wildman–Crippen LogP) is 4.91. The van der Waals surface area contributed by atoms with Gasteiger partial charge in [-0.05, 0) is 67.6 Å². The predicted molar refractivity (Wildman–Crippen MR) is 99.0 cm³/mol. The fraction of sp³-hybridized carbons (Fsp3) is 0.381. The molecule has 3 aromatic rings. The lowest BCUT2D eigenvalue weighted by Crippen LogP contribution is -2.32. The number of aryl methyl sites for hydroxylation is 2. The molecule has 1 aliphatic rings. The molecule has 2 aromatic carbocycles. The van der Waals surface area contributed by atoms with Gasteiger partial charge in [-0.25, -0.2) is 4.98 Å². The van der Waals surface area contributed by atoms with Crippen molar-refractivity contribution in [2.45, 2.75) is 45.7 Å². The molecule has 1 aliphatic heterocycles. The largest absolute Gasteiger partial charge is 0.345 e. The number of fused-ring (bicyclic) bond motifs is 1. The van der Waals surface area contributed by atoms with Gasteiger partial charge in [0, 0.05) is 12.6 Å². The van der Waals surface area contributed by atoms with E-state index >= 15 is 0 Å². The third-order valence-corrected chi connectivity index (χ3v) is 5.40. The number of likely N-dealkylation sites (tertiary alicyclic amines) is 1. The fourth-order valence-corrected chi connectivity index (χ4v) is 3.85. The maximum Gasteiger partial charge on any atom is 0.0931 e. The summed E-state index contributed by atoms with van der Waals surface area (Å²) in [5, 5.41) is 0. The van der Waals surface area contributed by atoms with E-state index in [9.17, 15) is 0 Å². The summed E-state index contributed by atoms with van der Waals surface area (Å²) in [6, 6.07) is 14.1. The van der Waals surface area contributed by atoms with Gasteiger partial charge in [-0.15, -0.1) is 0 Å². The van der Waals surface area contributed by atoms with Gasteiger partial charge in [0.2, 0.25) is 0 Å². The molecule has 124 valence electrons. The second-order valence-electron chi connectivity index (χ2n) is 7.08. The Kier molecular flexibility index (Phi) is 4.11. The first kappa shape index (κ1) is 15.4. The van der Waals surface area contributed by atoms with Crippen LogP contribution in [0.2, 0.25) is 0 Å². The van der Waals surface area contributed by atoms with Crippen molar-refractivity contribution >= 4 is 11.0 Å². The maximum absolute atomic E-state index is 4.34. The lowest BCUT2D eigenvalue weighted by molar-refractivity contribution is 0.140. The molecule has 1 fully saturated rings. The molecule has 0 spiro atoms. The molecule has 0 radical (unpaired) electrons. The second kappa shape index (κ2) is 6.40. The van der Waals surface area contributed by atoms with Gasteiger partial charge >= 0.3 is 0 Å². The Morgan fingerprint density at radius 3 is 2.88 bits per heavy atom. The number of rotatable bonds is 3. The highest BCUT2D eigenvalue weighted by atomic mass is 15.2. The highest BCUT2D eigenvalue weighted by Crippen LogP contribution is 2.33. The topological polar surface area (TPSA) is 31.9 Å². The highest BCUT2D eigenvalue weighted by molar-refractivity contribution is 5.75. The minimum Gasteiger partial charge on any atom is -0.345 e. The molecule has 1 saturated heterocycles. The van der Waals surface area contributed by atoms with Crippen molar-refractivity contribution in [3.63, 3.8) is 0 Å². The zero-order valence-corrected chi connectivity index (χ0v) is 14.5. The van der Waals surface area contributed by atoms with Crippen LogP contribution in [0.1, 0.15) is 47.6 Å². The van der Waals surface area contributed by atoms with Crippen LogP contribution in [0.5, 0.6) is 0 Å². The first-order valence-electron chi connectivity index (χ1n) is 8.94. The molecule has 1 N–H and O–H groups in total. The second-order valence-corrected chi connectivity index (χ2v) is 7.08. The number of piperidine rings is 1. The number of hydrogen-bond donors (Lipinski definition) is 1. The number of benzene rings is 2. The van der Waals surface area contributed by atoms with Crippen molar-refractivity contribution in [1.29, 1.82) is 0 Å². The molecule has 1 unspecified atom stereocenters. The Balaban J connectivity index is 1.61. The van der Waals surface area contributed by atoms with Crippen LogP contribution in [0.15, 0.2) is 42.7 Å². The molecule has 24 heavy (non-hydrogen) atoms. The van der Waals surface area contributed by atoms with Gasteiger partial charge in [0.05, 0.1) is 17.4 Å². The van der Waals surface area contributed by atoms with Gasteiger partial charge in [0.25, 0.3) is 0 Å². The monoisotopic (exact) mass is 319 g/mol. The van der Waals surface area contributed by atoms with E-state index in [1.807, 2.05) is 0 Å².